The summed E-state index contributed by atoms with van der Waals surface area (Å²) in [5.41, 5.74) is 6.98. The molecule has 2 heterocycles. The van der Waals surface area contributed by atoms with Crippen molar-refractivity contribution in [3.8, 4) is 11.5 Å². The van der Waals surface area contributed by atoms with Crippen molar-refractivity contribution in [3.05, 3.63) is 35.5 Å². The second-order valence-corrected chi connectivity index (χ2v) is 8.13. The summed E-state index contributed by atoms with van der Waals surface area (Å²) in [6.07, 6.45) is 2.46. The number of rotatable bonds is 3. The minimum atomic E-state index is -0.618. The molecule has 3 N–H and O–H groups in total. The first-order chi connectivity index (χ1) is 13.2. The highest BCUT2D eigenvalue weighted by atomic mass is 16.5. The van der Waals surface area contributed by atoms with Crippen LogP contribution in [0.5, 0.6) is 11.5 Å². The third-order valence-electron chi connectivity index (χ3n) is 5.43. The standard InChI is InChI=1S/C20H22N4O4/c1-20(2)7-12-16(14(26)8-20)17(10-4-5-13(25)15(6-10)28-3)24-19(23-12)11(9-22-24)18(21)27/h4-6,9,16-17,25H,7-8H2,1-3H3,(H2,21,27). The number of ether oxygens (including phenoxy) is 1. The highest BCUT2D eigenvalue weighted by Crippen LogP contribution is 2.46. The molecule has 0 saturated heterocycles. The van der Waals surface area contributed by atoms with Gasteiger partial charge in [0, 0.05) is 12.1 Å². The number of methoxy groups -OCH3 is 1. The van der Waals surface area contributed by atoms with Gasteiger partial charge in [0.25, 0.3) is 5.91 Å². The van der Waals surface area contributed by atoms with Crippen LogP contribution in [0.15, 0.2) is 29.4 Å². The molecule has 1 aliphatic heterocycles. The number of nitrogens with zero attached hydrogens (tertiary/aromatic N) is 3. The number of carbonyl (C=O) groups excluding carboxylic acids is 2. The van der Waals surface area contributed by atoms with Crippen LogP contribution in [0.2, 0.25) is 0 Å². The third kappa shape index (κ3) is 2.76. The summed E-state index contributed by atoms with van der Waals surface area (Å²) >= 11 is 0. The number of Topliss-reactive ketones (excluding diaryl/α,β-unsaturated/α-hetero) is 1. The molecule has 1 aromatic carbocycles. The summed E-state index contributed by atoms with van der Waals surface area (Å²) in [5.74, 6) is -0.363. The molecule has 0 spiro atoms. The third-order valence-corrected chi connectivity index (χ3v) is 5.43. The van der Waals surface area contributed by atoms with E-state index in [-0.39, 0.29) is 22.5 Å². The molecule has 1 aliphatic carbocycles. The number of aromatic hydroxyl groups is 1. The van der Waals surface area contributed by atoms with E-state index >= 15 is 0 Å². The van der Waals surface area contributed by atoms with Crippen LogP contribution >= 0.6 is 0 Å². The molecule has 0 radical (unpaired) electrons. The molecule has 146 valence electrons. The van der Waals surface area contributed by atoms with Crippen molar-refractivity contribution in [3.63, 3.8) is 0 Å². The summed E-state index contributed by atoms with van der Waals surface area (Å²) < 4.78 is 6.81. The Morgan fingerprint density at radius 3 is 2.79 bits per heavy atom. The lowest BCUT2D eigenvalue weighted by Crippen LogP contribution is -2.44. The Labute approximate surface area is 162 Å². The number of ketones is 1. The topological polar surface area (TPSA) is 120 Å². The number of hydrogen-bond acceptors (Lipinski definition) is 6. The number of benzene rings is 1. The van der Waals surface area contributed by atoms with Gasteiger partial charge < -0.3 is 15.6 Å². The highest BCUT2D eigenvalue weighted by Gasteiger charge is 2.46. The molecule has 8 heteroatoms. The van der Waals surface area contributed by atoms with E-state index in [0.717, 1.165) is 11.3 Å². The summed E-state index contributed by atoms with van der Waals surface area (Å²) in [4.78, 5) is 29.6. The molecular formula is C20H22N4O4. The van der Waals surface area contributed by atoms with Crippen LogP contribution in [-0.2, 0) is 4.79 Å². The Morgan fingerprint density at radius 2 is 2.11 bits per heavy atom. The van der Waals surface area contributed by atoms with Crippen LogP contribution < -0.4 is 10.5 Å². The second kappa shape index (κ2) is 6.19. The average molecular weight is 382 g/mol. The predicted octanol–water partition coefficient (Wildman–Crippen LogP) is 2.38. The Kier molecular flexibility index (Phi) is 4.02. The Morgan fingerprint density at radius 1 is 1.36 bits per heavy atom. The molecule has 1 aromatic heterocycles. The molecular weight excluding hydrogens is 360 g/mol. The molecule has 2 aliphatic rings. The Hall–Kier alpha value is -3.16. The Balaban J connectivity index is 1.93. The van der Waals surface area contributed by atoms with Gasteiger partial charge in [0.2, 0.25) is 0 Å². The number of aromatic nitrogens is 2. The highest BCUT2D eigenvalue weighted by molar-refractivity contribution is 6.11. The first kappa shape index (κ1) is 18.2. The number of hydrogen-bond donors (Lipinski definition) is 2. The number of carbonyl (C=O) groups is 2. The minimum Gasteiger partial charge on any atom is -0.504 e. The SMILES string of the molecule is COc1cc(C2C3C(=O)CC(C)(C)CC3=Nc3c(C(N)=O)cnn32)ccc1O. The van der Waals surface area contributed by atoms with Crippen LogP contribution in [0.4, 0.5) is 5.82 Å². The number of amides is 1. The summed E-state index contributed by atoms with van der Waals surface area (Å²) in [6, 6.07) is 4.45. The van der Waals surface area contributed by atoms with Gasteiger partial charge in [-0.3, -0.25) is 9.59 Å². The predicted molar refractivity (Wildman–Crippen MR) is 102 cm³/mol. The van der Waals surface area contributed by atoms with Crippen molar-refractivity contribution in [1.82, 2.24) is 9.78 Å². The molecule has 4 rings (SSSR count). The van der Waals surface area contributed by atoms with Crippen molar-refractivity contribution in [1.29, 1.82) is 0 Å². The zero-order valence-corrected chi connectivity index (χ0v) is 16.0. The van der Waals surface area contributed by atoms with Gasteiger partial charge in [-0.15, -0.1) is 0 Å². The van der Waals surface area contributed by atoms with Gasteiger partial charge in [0.15, 0.2) is 17.3 Å². The Bertz CT molecular complexity index is 1020. The molecule has 0 bridgehead atoms. The molecule has 28 heavy (non-hydrogen) atoms. The minimum absolute atomic E-state index is 0.00516. The van der Waals surface area contributed by atoms with E-state index in [0.29, 0.717) is 24.4 Å². The molecule has 2 aromatic rings. The van der Waals surface area contributed by atoms with E-state index in [2.05, 4.69) is 10.1 Å². The average Bonchev–Trinajstić information content (AvgIpc) is 3.03. The fraction of sp³-hybridized carbons (Fsp3) is 0.400. The summed E-state index contributed by atoms with van der Waals surface area (Å²) in [7, 11) is 1.46. The van der Waals surface area contributed by atoms with Crippen LogP contribution in [0.1, 0.15) is 48.7 Å². The zero-order chi connectivity index (χ0) is 20.2. The summed E-state index contributed by atoms with van der Waals surface area (Å²) in [6.45, 7) is 4.06. The van der Waals surface area contributed by atoms with Crippen molar-refractivity contribution < 1.29 is 19.4 Å². The second-order valence-electron chi connectivity index (χ2n) is 8.13. The lowest BCUT2D eigenvalue weighted by atomic mass is 9.67. The van der Waals surface area contributed by atoms with Crippen LogP contribution in [0.3, 0.4) is 0 Å². The van der Waals surface area contributed by atoms with E-state index in [1.165, 1.54) is 19.4 Å². The number of aliphatic imine (C=N–C) groups is 1. The number of phenolic OH excluding ortho intramolecular Hbond substituents is 1. The number of primary amides is 1. The van der Waals surface area contributed by atoms with Gasteiger partial charge in [0.05, 0.1) is 25.3 Å². The van der Waals surface area contributed by atoms with Crippen molar-refractivity contribution in [2.75, 3.05) is 7.11 Å². The molecule has 1 amide bonds. The fourth-order valence-corrected chi connectivity index (χ4v) is 4.23. The monoisotopic (exact) mass is 382 g/mol. The fourth-order valence-electron chi connectivity index (χ4n) is 4.23. The largest absolute Gasteiger partial charge is 0.504 e. The zero-order valence-electron chi connectivity index (χ0n) is 16.0. The first-order valence-corrected chi connectivity index (χ1v) is 9.06. The molecule has 2 atom stereocenters. The first-order valence-electron chi connectivity index (χ1n) is 9.06. The van der Waals surface area contributed by atoms with Crippen molar-refractivity contribution >= 4 is 23.2 Å². The molecule has 8 nitrogen and oxygen atoms in total. The van der Waals surface area contributed by atoms with E-state index in [1.54, 1.807) is 16.8 Å². The number of fused-ring (bicyclic) bond motifs is 2. The maximum absolute atomic E-state index is 13.1. The lowest BCUT2D eigenvalue weighted by Gasteiger charge is -2.40. The van der Waals surface area contributed by atoms with Crippen LogP contribution in [-0.4, -0.2) is 39.4 Å². The quantitative estimate of drug-likeness (QED) is 0.844. The van der Waals surface area contributed by atoms with Crippen molar-refractivity contribution in [2.24, 2.45) is 22.1 Å². The number of phenols is 1. The number of nitrogens with two attached hydrogens (primary N) is 1. The molecule has 1 saturated carbocycles. The van der Waals surface area contributed by atoms with Gasteiger partial charge in [0.1, 0.15) is 11.3 Å². The van der Waals surface area contributed by atoms with Gasteiger partial charge in [-0.05, 0) is 29.5 Å². The van der Waals surface area contributed by atoms with E-state index in [1.807, 2.05) is 13.8 Å². The van der Waals surface area contributed by atoms with Gasteiger partial charge in [-0.25, -0.2) is 9.67 Å². The van der Waals surface area contributed by atoms with Gasteiger partial charge >= 0.3 is 0 Å². The summed E-state index contributed by atoms with van der Waals surface area (Å²) in [5, 5.41) is 14.3. The van der Waals surface area contributed by atoms with Gasteiger partial charge in [-0.2, -0.15) is 5.10 Å². The normalized spacial score (nSPS) is 22.8. The smallest absolute Gasteiger partial charge is 0.254 e. The molecule has 1 fully saturated rings. The molecule has 2 unspecified atom stereocenters. The lowest BCUT2D eigenvalue weighted by molar-refractivity contribution is -0.124. The van der Waals surface area contributed by atoms with Crippen LogP contribution in [0.25, 0.3) is 0 Å². The maximum Gasteiger partial charge on any atom is 0.254 e. The van der Waals surface area contributed by atoms with Crippen LogP contribution in [0, 0.1) is 11.3 Å². The van der Waals surface area contributed by atoms with Crippen molar-refractivity contribution in [2.45, 2.75) is 32.7 Å². The van der Waals surface area contributed by atoms with Gasteiger partial charge in [-0.1, -0.05) is 19.9 Å². The maximum atomic E-state index is 13.1. The van der Waals surface area contributed by atoms with E-state index in [4.69, 9.17) is 10.5 Å². The van der Waals surface area contributed by atoms with E-state index < -0.39 is 17.9 Å². The van der Waals surface area contributed by atoms with E-state index in [9.17, 15) is 14.7 Å².